The lowest BCUT2D eigenvalue weighted by molar-refractivity contribution is -0.255. The van der Waals surface area contributed by atoms with Gasteiger partial charge in [-0.05, 0) is 50.1 Å². The molecule has 0 aromatic heterocycles. The molecule has 0 aliphatic carbocycles. The van der Waals surface area contributed by atoms with Gasteiger partial charge in [0.2, 0.25) is 0 Å². The van der Waals surface area contributed by atoms with Gasteiger partial charge in [0.1, 0.15) is 30.5 Å². The summed E-state index contributed by atoms with van der Waals surface area (Å²) in [6, 6.07) is 43.1. The highest BCUT2D eigenvalue weighted by Crippen LogP contribution is 2.48. The van der Waals surface area contributed by atoms with E-state index in [0.717, 1.165) is 12.8 Å². The summed E-state index contributed by atoms with van der Waals surface area (Å²) in [6.45, 7) is 18.1. The zero-order chi connectivity index (χ0) is 41.1. The van der Waals surface area contributed by atoms with Crippen LogP contribution >= 0.6 is 0 Å². The van der Waals surface area contributed by atoms with E-state index in [2.05, 4.69) is 169 Å². The number of benzene rings is 4. The Balaban J connectivity index is 1.42. The number of rotatable bonds is 14. The molecule has 0 amide bonds. The van der Waals surface area contributed by atoms with E-state index in [1.54, 1.807) is 7.11 Å². The predicted molar refractivity (Wildman–Crippen MR) is 238 cm³/mol. The predicted octanol–water partition coefficient (Wildman–Crippen LogP) is 6.93. The Hall–Kier alpha value is -3.23. The van der Waals surface area contributed by atoms with Gasteiger partial charge in [-0.2, -0.15) is 0 Å². The lowest BCUT2D eigenvalue weighted by Gasteiger charge is -2.53. The molecule has 4 aromatic rings. The van der Waals surface area contributed by atoms with Crippen LogP contribution in [0.15, 0.2) is 134 Å². The Morgan fingerprint density at radius 1 is 0.638 bits per heavy atom. The van der Waals surface area contributed by atoms with E-state index >= 15 is 0 Å². The van der Waals surface area contributed by atoms with Crippen LogP contribution in [0.25, 0.3) is 0 Å². The third kappa shape index (κ3) is 8.02. The van der Waals surface area contributed by atoms with Gasteiger partial charge in [0.25, 0.3) is 16.6 Å². The molecule has 3 fully saturated rings. The minimum atomic E-state index is -3.12. The molecule has 2 unspecified atom stereocenters. The number of aliphatic hydroxyl groups excluding tert-OH is 1. The first-order valence-corrected chi connectivity index (χ1v) is 25.0. The minimum Gasteiger partial charge on any atom is -0.399 e. The zero-order valence-corrected chi connectivity index (χ0v) is 37.5. The van der Waals surface area contributed by atoms with E-state index in [4.69, 9.17) is 27.8 Å². The fraction of sp³-hybridized carbons (Fsp3) is 0.469. The Morgan fingerprint density at radius 2 is 1.07 bits per heavy atom. The maximum absolute atomic E-state index is 10.1. The zero-order valence-electron chi connectivity index (χ0n) is 35.5. The third-order valence-corrected chi connectivity index (χ3v) is 22.8. The average molecular weight is 821 g/mol. The van der Waals surface area contributed by atoms with Crippen LogP contribution in [0, 0.1) is 0 Å². The van der Waals surface area contributed by atoms with E-state index in [1.165, 1.54) is 20.7 Å². The van der Waals surface area contributed by atoms with Gasteiger partial charge in [-0.3, -0.25) is 0 Å². The molecule has 9 atom stereocenters. The van der Waals surface area contributed by atoms with Crippen LogP contribution in [0.4, 0.5) is 0 Å². The molecule has 0 saturated carbocycles. The molecule has 4 aromatic carbocycles. The number of aliphatic hydroxyl groups is 1. The molecular formula is C49H64O7Si2. The molecule has 0 bridgehead atoms. The molecule has 0 radical (unpaired) electrons. The minimum absolute atomic E-state index is 0.0577. The van der Waals surface area contributed by atoms with Gasteiger partial charge in [-0.1, -0.05) is 169 Å². The highest BCUT2D eigenvalue weighted by Gasteiger charge is 2.64. The van der Waals surface area contributed by atoms with E-state index < -0.39 is 53.3 Å². The number of ether oxygens (including phenoxy) is 4. The van der Waals surface area contributed by atoms with E-state index in [0.29, 0.717) is 12.8 Å². The first-order valence-electron chi connectivity index (χ1n) is 21.2. The molecule has 3 heterocycles. The SMILES string of the molecule is C=CC(C[C@H]1O[C@H]2[C@@H](O[Si](c3ccccc3)(c3ccccc3)C(C)(C)C)[C@H]3OC(CCO)CC[C@@H]3O[C@H]2[C@H]1O[Si](c1ccccc1)(c1ccccc1)C(C)(C)C)OC. The molecule has 7 nitrogen and oxygen atoms in total. The van der Waals surface area contributed by atoms with E-state index in [9.17, 15) is 5.11 Å². The molecule has 3 saturated heterocycles. The first kappa shape index (κ1) is 42.9. The van der Waals surface area contributed by atoms with Crippen molar-refractivity contribution >= 4 is 37.4 Å². The summed E-state index contributed by atoms with van der Waals surface area (Å²) < 4.78 is 43.9. The maximum atomic E-state index is 10.1. The maximum Gasteiger partial charge on any atom is 0.261 e. The van der Waals surface area contributed by atoms with Crippen LogP contribution in [0.3, 0.4) is 0 Å². The highest BCUT2D eigenvalue weighted by atomic mass is 28.4. The van der Waals surface area contributed by atoms with Crippen molar-refractivity contribution in [3.8, 4) is 0 Å². The fourth-order valence-corrected chi connectivity index (χ4v) is 19.4. The number of hydrogen-bond acceptors (Lipinski definition) is 7. The summed E-state index contributed by atoms with van der Waals surface area (Å²) in [4.78, 5) is 0. The van der Waals surface area contributed by atoms with Crippen molar-refractivity contribution in [2.45, 2.75) is 132 Å². The Kier molecular flexibility index (Phi) is 13.1. The lowest BCUT2D eigenvalue weighted by Crippen LogP contribution is -2.73. The Bertz CT molecular complexity index is 1820. The van der Waals surface area contributed by atoms with Crippen molar-refractivity contribution in [1.82, 2.24) is 0 Å². The summed E-state index contributed by atoms with van der Waals surface area (Å²) in [5, 5.41) is 14.3. The van der Waals surface area contributed by atoms with Crippen LogP contribution in [-0.4, -0.2) is 90.4 Å². The van der Waals surface area contributed by atoms with Gasteiger partial charge in [0.05, 0.1) is 24.4 Å². The normalized spacial score (nSPS) is 27.0. The van der Waals surface area contributed by atoms with Crippen molar-refractivity contribution in [2.75, 3.05) is 13.7 Å². The smallest absolute Gasteiger partial charge is 0.261 e. The van der Waals surface area contributed by atoms with E-state index in [1.807, 2.05) is 6.08 Å². The molecular weight excluding hydrogens is 757 g/mol. The van der Waals surface area contributed by atoms with Crippen LogP contribution in [0.1, 0.15) is 67.2 Å². The van der Waals surface area contributed by atoms with Crippen molar-refractivity contribution in [3.63, 3.8) is 0 Å². The summed E-state index contributed by atoms with van der Waals surface area (Å²) in [5.74, 6) is 0. The van der Waals surface area contributed by atoms with Gasteiger partial charge < -0.3 is 32.9 Å². The van der Waals surface area contributed by atoms with Crippen LogP contribution in [-0.2, 0) is 27.8 Å². The Labute approximate surface area is 349 Å². The lowest BCUT2D eigenvalue weighted by atomic mass is 9.88. The van der Waals surface area contributed by atoms with Crippen LogP contribution < -0.4 is 20.7 Å². The van der Waals surface area contributed by atoms with Gasteiger partial charge >= 0.3 is 0 Å². The monoisotopic (exact) mass is 820 g/mol. The molecule has 1 N–H and O–H groups in total. The standard InChI is InChI=1S/C49H64O7Si2/c1-9-35(51-8)34-42-44(55-57(48(2,3)4,37-22-14-10-15-23-37)38-24-16-11-17-25-38)45-46(54-42)47(43-41(53-45)31-30-36(52-43)32-33-50)56-58(49(5,6)7,39-26-18-12-19-27-39)40-28-20-13-21-29-40/h9-29,35-36,41-47,50H,1,30-34H2,2-8H3/t35?,36?,41-,42+,43-,44-,45-,46+,47-/m0/s1. The van der Waals surface area contributed by atoms with Crippen molar-refractivity contribution in [1.29, 1.82) is 0 Å². The molecule has 9 heteroatoms. The molecule has 58 heavy (non-hydrogen) atoms. The van der Waals surface area contributed by atoms with Crippen molar-refractivity contribution in [2.24, 2.45) is 0 Å². The molecule has 3 aliphatic heterocycles. The molecule has 3 aliphatic rings. The topological polar surface area (TPSA) is 75.6 Å². The average Bonchev–Trinajstić information content (AvgIpc) is 3.56. The van der Waals surface area contributed by atoms with Gasteiger partial charge in [0.15, 0.2) is 0 Å². The quantitative estimate of drug-likeness (QED) is 0.109. The van der Waals surface area contributed by atoms with Crippen LogP contribution in [0.5, 0.6) is 0 Å². The summed E-state index contributed by atoms with van der Waals surface area (Å²) in [5.41, 5.74) is 0. The van der Waals surface area contributed by atoms with Crippen molar-refractivity contribution in [3.05, 3.63) is 134 Å². The second-order valence-electron chi connectivity index (χ2n) is 18.3. The molecule has 310 valence electrons. The van der Waals surface area contributed by atoms with Gasteiger partial charge in [-0.15, -0.1) is 6.58 Å². The van der Waals surface area contributed by atoms with E-state index in [-0.39, 0.29) is 35.0 Å². The number of fused-ring (bicyclic) bond motifs is 2. The summed E-state index contributed by atoms with van der Waals surface area (Å²) in [6.07, 6.45) is 1.10. The van der Waals surface area contributed by atoms with Gasteiger partial charge in [-0.25, -0.2) is 0 Å². The first-order chi connectivity index (χ1) is 27.9. The van der Waals surface area contributed by atoms with Crippen LogP contribution in [0.2, 0.25) is 10.1 Å². The van der Waals surface area contributed by atoms with Crippen molar-refractivity contribution < 1.29 is 32.9 Å². The third-order valence-electron chi connectivity index (χ3n) is 12.8. The molecule has 7 rings (SSSR count). The summed E-state index contributed by atoms with van der Waals surface area (Å²) in [7, 11) is -4.49. The fourth-order valence-electron chi connectivity index (χ4n) is 10.0. The van der Waals surface area contributed by atoms with Gasteiger partial charge in [0, 0.05) is 20.1 Å². The number of hydrogen-bond donors (Lipinski definition) is 1. The summed E-state index contributed by atoms with van der Waals surface area (Å²) >= 11 is 0. The Morgan fingerprint density at radius 3 is 1.47 bits per heavy atom. The number of methoxy groups -OCH3 is 1. The second-order valence-corrected chi connectivity index (χ2v) is 26.8. The largest absolute Gasteiger partial charge is 0.399 e. The molecule has 0 spiro atoms. The second kappa shape index (κ2) is 17.8. The highest BCUT2D eigenvalue weighted by molar-refractivity contribution is 7.00.